The fourth-order valence-electron chi connectivity index (χ4n) is 4.82. The monoisotopic (exact) mass is 406 g/mol. The predicted octanol–water partition coefficient (Wildman–Crippen LogP) is 6.38. The van der Waals surface area contributed by atoms with Crippen molar-refractivity contribution < 1.29 is 13.7 Å². The molecule has 3 heterocycles. The molecule has 1 aliphatic heterocycles. The van der Waals surface area contributed by atoms with E-state index < -0.39 is 0 Å². The molecule has 2 aromatic heterocycles. The van der Waals surface area contributed by atoms with Gasteiger partial charge in [-0.05, 0) is 54.7 Å². The summed E-state index contributed by atoms with van der Waals surface area (Å²) >= 11 is 0. The molecular weight excluding hydrogens is 382 g/mol. The van der Waals surface area contributed by atoms with Crippen LogP contribution >= 0.6 is 0 Å². The molecule has 0 saturated heterocycles. The smallest absolute Gasteiger partial charge is 0.216 e. The normalized spacial score (nSPS) is 13.4. The number of benzene rings is 3. The Hall–Kier alpha value is -3.59. The van der Waals surface area contributed by atoms with Crippen LogP contribution in [0.2, 0.25) is 0 Å². The van der Waals surface area contributed by atoms with Crippen molar-refractivity contribution in [1.82, 2.24) is 0 Å². The number of furan rings is 1. The molecule has 31 heavy (non-hydrogen) atoms. The Balaban J connectivity index is 1.63. The van der Waals surface area contributed by atoms with Gasteiger partial charge in [0, 0.05) is 28.5 Å². The van der Waals surface area contributed by atoms with Gasteiger partial charge in [0.05, 0.1) is 12.2 Å². The highest BCUT2D eigenvalue weighted by Gasteiger charge is 2.21. The van der Waals surface area contributed by atoms with E-state index in [9.17, 15) is 0 Å². The van der Waals surface area contributed by atoms with Crippen molar-refractivity contribution in [2.45, 2.75) is 19.8 Å². The Morgan fingerprint density at radius 2 is 1.77 bits per heavy atom. The molecule has 5 aromatic rings. The van der Waals surface area contributed by atoms with Gasteiger partial charge in [0.1, 0.15) is 24.0 Å². The molecular formula is C28H24NO2+. The van der Waals surface area contributed by atoms with Gasteiger partial charge in [-0.1, -0.05) is 36.4 Å². The third-order valence-electron chi connectivity index (χ3n) is 6.41. The van der Waals surface area contributed by atoms with Gasteiger partial charge in [-0.3, -0.25) is 0 Å². The van der Waals surface area contributed by atoms with Crippen LogP contribution in [0, 0.1) is 6.92 Å². The van der Waals surface area contributed by atoms with E-state index in [0.29, 0.717) is 0 Å². The molecule has 0 atom stereocenters. The van der Waals surface area contributed by atoms with Crippen LogP contribution in [0.1, 0.15) is 17.5 Å². The summed E-state index contributed by atoms with van der Waals surface area (Å²) in [7, 11) is 2.08. The lowest BCUT2D eigenvalue weighted by Crippen LogP contribution is -2.30. The third kappa shape index (κ3) is 2.84. The number of hydrogen-bond acceptors (Lipinski definition) is 2. The molecule has 0 saturated carbocycles. The topological polar surface area (TPSA) is 26.2 Å². The van der Waals surface area contributed by atoms with Crippen LogP contribution in [0.3, 0.4) is 0 Å². The van der Waals surface area contributed by atoms with E-state index in [2.05, 4.69) is 91.5 Å². The summed E-state index contributed by atoms with van der Waals surface area (Å²) in [6, 6.07) is 23.6. The van der Waals surface area contributed by atoms with E-state index >= 15 is 0 Å². The molecule has 0 N–H and O–H groups in total. The first-order chi connectivity index (χ1) is 15.2. The zero-order chi connectivity index (χ0) is 20.9. The Labute approximate surface area is 181 Å². The third-order valence-corrected chi connectivity index (χ3v) is 6.41. The molecule has 0 amide bonds. The summed E-state index contributed by atoms with van der Waals surface area (Å²) in [6.07, 6.45) is 4.21. The maximum atomic E-state index is 6.66. The van der Waals surface area contributed by atoms with Gasteiger partial charge in [-0.25, -0.2) is 4.57 Å². The molecule has 0 bridgehead atoms. The van der Waals surface area contributed by atoms with Gasteiger partial charge in [0.15, 0.2) is 6.20 Å². The maximum Gasteiger partial charge on any atom is 0.216 e. The zero-order valence-electron chi connectivity index (χ0n) is 17.8. The van der Waals surface area contributed by atoms with Crippen molar-refractivity contribution in [1.29, 1.82) is 0 Å². The quantitative estimate of drug-likeness (QED) is 0.318. The van der Waals surface area contributed by atoms with Gasteiger partial charge in [-0.2, -0.15) is 0 Å². The van der Waals surface area contributed by atoms with E-state index in [-0.39, 0.29) is 0 Å². The molecule has 1 aliphatic rings. The molecule has 3 nitrogen and oxygen atoms in total. The van der Waals surface area contributed by atoms with Gasteiger partial charge in [0.25, 0.3) is 0 Å². The number of hydrogen-bond donors (Lipinski definition) is 0. The number of nitrogens with zero attached hydrogens (tertiary/aromatic N) is 1. The van der Waals surface area contributed by atoms with Crippen molar-refractivity contribution in [2.75, 3.05) is 6.61 Å². The fraction of sp³-hybridized carbons (Fsp3) is 0.179. The first kappa shape index (κ1) is 18.2. The second-order valence-corrected chi connectivity index (χ2v) is 8.39. The van der Waals surface area contributed by atoms with Gasteiger partial charge in [0.2, 0.25) is 5.69 Å². The van der Waals surface area contributed by atoms with Gasteiger partial charge < -0.3 is 9.15 Å². The van der Waals surface area contributed by atoms with Crippen molar-refractivity contribution in [3.05, 3.63) is 84.1 Å². The van der Waals surface area contributed by atoms with E-state index in [0.717, 1.165) is 64.0 Å². The Kier molecular flexibility index (Phi) is 4.10. The number of aromatic nitrogens is 1. The van der Waals surface area contributed by atoms with Crippen molar-refractivity contribution in [3.63, 3.8) is 0 Å². The molecule has 152 valence electrons. The number of aryl methyl sites for hydroxylation is 3. The number of pyridine rings is 1. The van der Waals surface area contributed by atoms with Crippen LogP contribution in [0.15, 0.2) is 77.3 Å². The molecule has 0 fully saturated rings. The van der Waals surface area contributed by atoms with E-state index in [1.807, 2.05) is 0 Å². The largest absolute Gasteiger partial charge is 0.493 e. The molecule has 6 rings (SSSR count). The van der Waals surface area contributed by atoms with Crippen LogP contribution in [0.4, 0.5) is 0 Å². The summed E-state index contributed by atoms with van der Waals surface area (Å²) in [5.41, 5.74) is 9.00. The number of fused-ring (bicyclic) bond motifs is 4. The first-order valence-electron chi connectivity index (χ1n) is 10.9. The number of para-hydroxylation sites is 1. The highest BCUT2D eigenvalue weighted by molar-refractivity contribution is 6.13. The Morgan fingerprint density at radius 3 is 2.68 bits per heavy atom. The van der Waals surface area contributed by atoms with Crippen molar-refractivity contribution in [2.24, 2.45) is 7.05 Å². The van der Waals surface area contributed by atoms with Crippen molar-refractivity contribution >= 4 is 21.9 Å². The lowest BCUT2D eigenvalue weighted by Gasteiger charge is -2.18. The molecule has 0 unspecified atom stereocenters. The zero-order valence-corrected chi connectivity index (χ0v) is 17.8. The average molecular weight is 407 g/mol. The first-order valence-corrected chi connectivity index (χ1v) is 10.9. The lowest BCUT2D eigenvalue weighted by molar-refractivity contribution is -0.660. The average Bonchev–Trinajstić information content (AvgIpc) is 3.18. The Bertz CT molecular complexity index is 1460. The highest BCUT2D eigenvalue weighted by Crippen LogP contribution is 2.41. The molecule has 0 aliphatic carbocycles. The summed E-state index contributed by atoms with van der Waals surface area (Å²) in [4.78, 5) is 0. The number of ether oxygens (including phenoxy) is 1. The molecule has 0 radical (unpaired) electrons. The van der Waals surface area contributed by atoms with Gasteiger partial charge >= 0.3 is 0 Å². The summed E-state index contributed by atoms with van der Waals surface area (Å²) < 4.78 is 14.6. The predicted molar refractivity (Wildman–Crippen MR) is 124 cm³/mol. The van der Waals surface area contributed by atoms with Gasteiger partial charge in [-0.15, -0.1) is 0 Å². The van der Waals surface area contributed by atoms with Crippen LogP contribution in [-0.2, 0) is 13.5 Å². The number of rotatable bonds is 2. The van der Waals surface area contributed by atoms with E-state index in [4.69, 9.17) is 9.15 Å². The highest BCUT2D eigenvalue weighted by atomic mass is 16.5. The summed E-state index contributed by atoms with van der Waals surface area (Å²) in [5.74, 6) is 1.02. The Morgan fingerprint density at radius 1 is 0.871 bits per heavy atom. The summed E-state index contributed by atoms with van der Waals surface area (Å²) in [6.45, 7) is 2.96. The standard InChI is InChI=1S/C28H24NO2/c1-18-11-13-23-22-9-5-8-21(19-12-14-25-20(17-19)7-6-16-30-25)27(22)31-28(23)26(18)24-10-3-4-15-29(24)2/h3-5,8-15,17H,6-7,16H2,1-2H3/q+1. The van der Waals surface area contributed by atoms with Crippen LogP contribution < -0.4 is 9.30 Å². The second-order valence-electron chi connectivity index (χ2n) is 8.39. The molecule has 3 heteroatoms. The minimum Gasteiger partial charge on any atom is -0.493 e. The van der Waals surface area contributed by atoms with E-state index in [1.54, 1.807) is 0 Å². The molecule has 3 aromatic carbocycles. The lowest BCUT2D eigenvalue weighted by atomic mass is 9.97. The summed E-state index contributed by atoms with van der Waals surface area (Å²) in [5, 5.41) is 2.31. The van der Waals surface area contributed by atoms with Crippen LogP contribution in [0.5, 0.6) is 5.75 Å². The fourth-order valence-corrected chi connectivity index (χ4v) is 4.82. The minimum atomic E-state index is 0.810. The minimum absolute atomic E-state index is 0.810. The van der Waals surface area contributed by atoms with Crippen LogP contribution in [-0.4, -0.2) is 6.61 Å². The van der Waals surface area contributed by atoms with Crippen molar-refractivity contribution in [3.8, 4) is 28.1 Å². The van der Waals surface area contributed by atoms with E-state index in [1.165, 1.54) is 16.7 Å². The van der Waals surface area contributed by atoms with Crippen LogP contribution in [0.25, 0.3) is 44.3 Å². The molecule has 0 spiro atoms. The second kappa shape index (κ2) is 6.98. The SMILES string of the molecule is Cc1ccc2c(oc3c(-c4ccc5c(c4)CCCO5)cccc32)c1-c1cccc[n+]1C. The maximum absolute atomic E-state index is 6.66.